The van der Waals surface area contributed by atoms with Crippen LogP contribution in [0, 0.1) is 0 Å². The molecule has 2 aromatic carbocycles. The van der Waals surface area contributed by atoms with Crippen LogP contribution in [0.1, 0.15) is 30.9 Å². The number of rotatable bonds is 7. The average Bonchev–Trinajstić information content (AvgIpc) is 2.46. The Bertz CT molecular complexity index is 476. The van der Waals surface area contributed by atoms with Crippen molar-refractivity contribution in [1.82, 2.24) is 0 Å². The zero-order chi connectivity index (χ0) is 13.3. The molecular weight excluding hydrogens is 232 g/mol. The number of aryl methyl sites for hydroxylation is 2. The third-order valence-corrected chi connectivity index (χ3v) is 3.23. The minimum atomic E-state index is 0.734. The normalized spacial score (nSPS) is 10.4. The van der Waals surface area contributed by atoms with Crippen molar-refractivity contribution < 1.29 is 4.74 Å². The van der Waals surface area contributed by atoms with E-state index in [9.17, 15) is 0 Å². The van der Waals surface area contributed by atoms with Crippen molar-refractivity contribution in [3.63, 3.8) is 0 Å². The zero-order valence-corrected chi connectivity index (χ0v) is 11.6. The van der Waals surface area contributed by atoms with Gasteiger partial charge < -0.3 is 4.74 Å². The molecule has 0 unspecified atom stereocenters. The van der Waals surface area contributed by atoms with Crippen LogP contribution < -0.4 is 4.74 Å². The topological polar surface area (TPSA) is 9.23 Å². The zero-order valence-electron chi connectivity index (χ0n) is 11.6. The van der Waals surface area contributed by atoms with Crippen molar-refractivity contribution in [2.45, 2.75) is 32.6 Å². The van der Waals surface area contributed by atoms with Crippen molar-refractivity contribution in [3.05, 3.63) is 65.7 Å². The lowest BCUT2D eigenvalue weighted by Gasteiger charge is -2.06. The van der Waals surface area contributed by atoms with Gasteiger partial charge in [-0.1, -0.05) is 42.5 Å². The summed E-state index contributed by atoms with van der Waals surface area (Å²) in [6.45, 7) is 2.75. The lowest BCUT2D eigenvalue weighted by atomic mass is 10.0. The summed E-state index contributed by atoms with van der Waals surface area (Å²) in [5.74, 6) is 0.989. The second-order valence-electron chi connectivity index (χ2n) is 4.77. The molecule has 0 saturated carbocycles. The van der Waals surface area contributed by atoms with Crippen LogP contribution in [0.25, 0.3) is 0 Å². The van der Waals surface area contributed by atoms with Gasteiger partial charge in [0, 0.05) is 0 Å². The molecule has 0 aliphatic rings. The number of benzene rings is 2. The Morgan fingerprint density at radius 1 is 0.789 bits per heavy atom. The molecular formula is C18H22O. The molecule has 0 atom stereocenters. The molecule has 0 aliphatic carbocycles. The van der Waals surface area contributed by atoms with E-state index in [4.69, 9.17) is 4.74 Å². The first-order valence-electron chi connectivity index (χ1n) is 7.14. The van der Waals surface area contributed by atoms with Crippen LogP contribution >= 0.6 is 0 Å². The van der Waals surface area contributed by atoms with E-state index in [1.54, 1.807) is 0 Å². The fourth-order valence-corrected chi connectivity index (χ4v) is 2.26. The van der Waals surface area contributed by atoms with Crippen molar-refractivity contribution in [2.75, 3.05) is 6.61 Å². The summed E-state index contributed by atoms with van der Waals surface area (Å²) in [5.41, 5.74) is 2.81. The largest absolute Gasteiger partial charge is 0.494 e. The quantitative estimate of drug-likeness (QED) is 0.653. The molecule has 0 bridgehead atoms. The van der Waals surface area contributed by atoms with E-state index < -0.39 is 0 Å². The predicted octanol–water partition coefficient (Wildman–Crippen LogP) is 4.65. The summed E-state index contributed by atoms with van der Waals surface area (Å²) >= 11 is 0. The van der Waals surface area contributed by atoms with Crippen molar-refractivity contribution in [1.29, 1.82) is 0 Å². The van der Waals surface area contributed by atoms with Crippen molar-refractivity contribution >= 4 is 0 Å². The molecule has 0 fully saturated rings. The van der Waals surface area contributed by atoms with Crippen molar-refractivity contribution in [3.8, 4) is 5.75 Å². The minimum Gasteiger partial charge on any atom is -0.494 e. The Labute approximate surface area is 116 Å². The lowest BCUT2D eigenvalue weighted by Crippen LogP contribution is -1.93. The molecule has 19 heavy (non-hydrogen) atoms. The Hall–Kier alpha value is -1.76. The van der Waals surface area contributed by atoms with Gasteiger partial charge in [-0.3, -0.25) is 0 Å². The summed E-state index contributed by atoms with van der Waals surface area (Å²) in [6.07, 6.45) is 4.77. The van der Waals surface area contributed by atoms with Gasteiger partial charge in [0.2, 0.25) is 0 Å². The maximum atomic E-state index is 5.52. The number of unbranched alkanes of at least 4 members (excludes halogenated alkanes) is 1. The van der Waals surface area contributed by atoms with Crippen LogP contribution in [-0.2, 0) is 12.8 Å². The van der Waals surface area contributed by atoms with Crippen LogP contribution in [0.2, 0.25) is 0 Å². The van der Waals surface area contributed by atoms with Gasteiger partial charge in [-0.2, -0.15) is 0 Å². The summed E-state index contributed by atoms with van der Waals surface area (Å²) in [5, 5.41) is 0. The highest BCUT2D eigenvalue weighted by atomic mass is 16.5. The second kappa shape index (κ2) is 7.63. The highest BCUT2D eigenvalue weighted by Crippen LogP contribution is 2.15. The fourth-order valence-electron chi connectivity index (χ4n) is 2.26. The Kier molecular flexibility index (Phi) is 5.49. The number of ether oxygens (including phenoxy) is 1. The summed E-state index contributed by atoms with van der Waals surface area (Å²) in [6, 6.07) is 19.2. The molecule has 0 spiro atoms. The third kappa shape index (κ3) is 4.78. The molecule has 0 radical (unpaired) electrons. The highest BCUT2D eigenvalue weighted by molar-refractivity contribution is 5.28. The van der Waals surface area contributed by atoms with Gasteiger partial charge >= 0.3 is 0 Å². The van der Waals surface area contributed by atoms with Crippen molar-refractivity contribution in [2.24, 2.45) is 0 Å². The van der Waals surface area contributed by atoms with E-state index in [-0.39, 0.29) is 0 Å². The minimum absolute atomic E-state index is 0.734. The van der Waals surface area contributed by atoms with E-state index in [0.29, 0.717) is 0 Å². The van der Waals surface area contributed by atoms with Gasteiger partial charge in [-0.25, -0.2) is 0 Å². The molecule has 2 rings (SSSR count). The first-order chi connectivity index (χ1) is 9.38. The second-order valence-corrected chi connectivity index (χ2v) is 4.77. The van der Waals surface area contributed by atoms with E-state index in [1.807, 2.05) is 13.0 Å². The molecule has 100 valence electrons. The van der Waals surface area contributed by atoms with Gasteiger partial charge in [0.15, 0.2) is 0 Å². The molecule has 0 amide bonds. The Morgan fingerprint density at radius 3 is 2.21 bits per heavy atom. The molecule has 0 aromatic heterocycles. The number of hydrogen-bond acceptors (Lipinski definition) is 1. The third-order valence-electron chi connectivity index (χ3n) is 3.23. The van der Waals surface area contributed by atoms with Gasteiger partial charge in [0.1, 0.15) is 5.75 Å². The van der Waals surface area contributed by atoms with Crippen LogP contribution in [0.5, 0.6) is 5.75 Å². The van der Waals surface area contributed by atoms with E-state index >= 15 is 0 Å². The Balaban J connectivity index is 1.75. The van der Waals surface area contributed by atoms with E-state index in [1.165, 1.54) is 30.4 Å². The predicted molar refractivity (Wildman–Crippen MR) is 80.7 cm³/mol. The maximum Gasteiger partial charge on any atom is 0.119 e. The lowest BCUT2D eigenvalue weighted by molar-refractivity contribution is 0.340. The molecule has 0 N–H and O–H groups in total. The molecule has 2 aromatic rings. The average molecular weight is 254 g/mol. The maximum absolute atomic E-state index is 5.52. The monoisotopic (exact) mass is 254 g/mol. The van der Waals surface area contributed by atoms with Crippen LogP contribution in [0.4, 0.5) is 0 Å². The first-order valence-corrected chi connectivity index (χ1v) is 7.14. The fraction of sp³-hybridized carbons (Fsp3) is 0.333. The van der Waals surface area contributed by atoms with Crippen LogP contribution in [-0.4, -0.2) is 6.61 Å². The smallest absolute Gasteiger partial charge is 0.119 e. The standard InChI is InChI=1S/C18H22O/c1-2-19-18-14-8-13-17(15-18)12-7-6-11-16-9-4-3-5-10-16/h3-5,8-10,13-15H,2,6-7,11-12H2,1H3. The molecule has 0 aliphatic heterocycles. The Morgan fingerprint density at radius 2 is 1.47 bits per heavy atom. The van der Waals surface area contributed by atoms with Gasteiger partial charge in [0.25, 0.3) is 0 Å². The van der Waals surface area contributed by atoms with Crippen LogP contribution in [0.15, 0.2) is 54.6 Å². The summed E-state index contributed by atoms with van der Waals surface area (Å²) < 4.78 is 5.52. The molecule has 1 nitrogen and oxygen atoms in total. The molecule has 1 heteroatoms. The van der Waals surface area contributed by atoms with E-state index in [2.05, 4.69) is 48.5 Å². The molecule has 0 saturated heterocycles. The first kappa shape index (κ1) is 13.7. The van der Waals surface area contributed by atoms with Crippen LogP contribution in [0.3, 0.4) is 0 Å². The SMILES string of the molecule is CCOc1cccc(CCCCc2ccccc2)c1. The molecule has 0 heterocycles. The number of hydrogen-bond donors (Lipinski definition) is 0. The van der Waals surface area contributed by atoms with Gasteiger partial charge in [-0.15, -0.1) is 0 Å². The summed E-state index contributed by atoms with van der Waals surface area (Å²) in [7, 11) is 0. The van der Waals surface area contributed by atoms with Gasteiger partial charge in [-0.05, 0) is 55.9 Å². The highest BCUT2D eigenvalue weighted by Gasteiger charge is 1.97. The van der Waals surface area contributed by atoms with E-state index in [0.717, 1.165) is 18.8 Å². The van der Waals surface area contributed by atoms with Gasteiger partial charge in [0.05, 0.1) is 6.61 Å². The summed E-state index contributed by atoms with van der Waals surface area (Å²) in [4.78, 5) is 0.